The average molecular weight is 481 g/mol. The van der Waals surface area contributed by atoms with Crippen molar-refractivity contribution in [2.45, 2.75) is 24.9 Å². The smallest absolute Gasteiger partial charge is 0.255 e. The van der Waals surface area contributed by atoms with Crippen molar-refractivity contribution in [2.24, 2.45) is 17.6 Å². The van der Waals surface area contributed by atoms with Gasteiger partial charge in [-0.15, -0.1) is 0 Å². The summed E-state index contributed by atoms with van der Waals surface area (Å²) in [6, 6.07) is 1.72. The zero-order valence-electron chi connectivity index (χ0n) is 18.9. The molecule has 3 atom stereocenters. The molecule has 5 rings (SSSR count). The number of anilines is 1. The Bertz CT molecular complexity index is 1370. The molecule has 1 aromatic heterocycles. The predicted molar refractivity (Wildman–Crippen MR) is 121 cm³/mol. The topological polar surface area (TPSA) is 187 Å². The fourth-order valence-corrected chi connectivity index (χ4v) is 5.63. The molecule has 182 valence electrons. The van der Waals surface area contributed by atoms with Crippen molar-refractivity contribution < 1.29 is 39.3 Å². The summed E-state index contributed by atoms with van der Waals surface area (Å²) in [6.07, 6.45) is 2.65. The van der Waals surface area contributed by atoms with E-state index < -0.39 is 52.0 Å². The molecule has 0 aliphatic heterocycles. The number of amides is 1. The normalized spacial score (nSPS) is 25.8. The number of aliphatic hydroxyl groups excluding tert-OH is 2. The van der Waals surface area contributed by atoms with Gasteiger partial charge in [-0.1, -0.05) is 5.16 Å². The van der Waals surface area contributed by atoms with E-state index >= 15 is 0 Å². The Morgan fingerprint density at radius 3 is 2.54 bits per heavy atom. The lowest BCUT2D eigenvalue weighted by molar-refractivity contribution is -0.147. The van der Waals surface area contributed by atoms with Crippen LogP contribution in [0.4, 0.5) is 5.69 Å². The second-order valence-corrected chi connectivity index (χ2v) is 9.36. The van der Waals surface area contributed by atoms with Crippen LogP contribution in [-0.4, -0.2) is 62.8 Å². The summed E-state index contributed by atoms with van der Waals surface area (Å²) in [4.78, 5) is 39.6. The van der Waals surface area contributed by atoms with Gasteiger partial charge in [0.15, 0.2) is 11.4 Å². The minimum absolute atomic E-state index is 0.0135. The SMILES string of the molecule is CN(C)c1cc(-c2cnoc2)c(O)c2c1C[C@H]1C[C@H]3CC(=O)C(C(N)=O)=C(O)[C@@]3(O)C(=O)C1=C2O. The third kappa shape index (κ3) is 2.94. The van der Waals surface area contributed by atoms with Gasteiger partial charge in [0.05, 0.1) is 11.8 Å². The van der Waals surface area contributed by atoms with E-state index in [1.165, 1.54) is 12.5 Å². The van der Waals surface area contributed by atoms with Gasteiger partial charge in [-0.25, -0.2) is 0 Å². The maximum atomic E-state index is 13.6. The maximum absolute atomic E-state index is 13.6. The summed E-state index contributed by atoms with van der Waals surface area (Å²) in [7, 11) is 3.58. The first-order valence-corrected chi connectivity index (χ1v) is 10.9. The first kappa shape index (κ1) is 22.7. The summed E-state index contributed by atoms with van der Waals surface area (Å²) >= 11 is 0. The highest BCUT2D eigenvalue weighted by Crippen LogP contribution is 2.54. The van der Waals surface area contributed by atoms with Crippen LogP contribution in [0, 0.1) is 11.8 Å². The number of nitrogens with zero attached hydrogens (tertiary/aromatic N) is 2. The van der Waals surface area contributed by atoms with Crippen molar-refractivity contribution in [3.63, 3.8) is 0 Å². The molecule has 1 fully saturated rings. The zero-order chi connectivity index (χ0) is 25.4. The molecule has 3 aliphatic rings. The highest BCUT2D eigenvalue weighted by molar-refractivity contribution is 6.22. The summed E-state index contributed by atoms with van der Waals surface area (Å²) in [5.74, 6) is -6.61. The van der Waals surface area contributed by atoms with Crippen molar-refractivity contribution in [1.82, 2.24) is 5.16 Å². The Labute approximate surface area is 198 Å². The van der Waals surface area contributed by atoms with Crippen molar-refractivity contribution in [3.8, 4) is 16.9 Å². The number of aromatic nitrogens is 1. The molecule has 11 heteroatoms. The number of aliphatic hydroxyl groups is 3. The van der Waals surface area contributed by atoms with E-state index in [1.807, 2.05) is 0 Å². The van der Waals surface area contributed by atoms with Crippen LogP contribution in [0.25, 0.3) is 16.9 Å². The van der Waals surface area contributed by atoms with Crippen molar-refractivity contribution in [2.75, 3.05) is 19.0 Å². The molecule has 0 bridgehead atoms. The van der Waals surface area contributed by atoms with Gasteiger partial charge < -0.3 is 35.6 Å². The van der Waals surface area contributed by atoms with Crippen LogP contribution in [-0.2, 0) is 20.8 Å². The van der Waals surface area contributed by atoms with E-state index in [9.17, 15) is 34.8 Å². The van der Waals surface area contributed by atoms with Crippen LogP contribution < -0.4 is 10.6 Å². The fourth-order valence-electron chi connectivity index (χ4n) is 5.63. The summed E-state index contributed by atoms with van der Waals surface area (Å²) in [6.45, 7) is 0. The number of benzene rings is 1. The van der Waals surface area contributed by atoms with Gasteiger partial charge in [-0.05, 0) is 30.4 Å². The number of carbonyl (C=O) groups excluding carboxylic acids is 3. The number of carbonyl (C=O) groups is 3. The van der Waals surface area contributed by atoms with Gasteiger partial charge in [-0.2, -0.15) is 0 Å². The summed E-state index contributed by atoms with van der Waals surface area (Å²) < 4.78 is 4.89. The van der Waals surface area contributed by atoms with Crippen LogP contribution >= 0.6 is 0 Å². The van der Waals surface area contributed by atoms with Crippen molar-refractivity contribution in [3.05, 3.63) is 46.6 Å². The molecule has 1 saturated carbocycles. The molecule has 1 amide bonds. The van der Waals surface area contributed by atoms with Crippen LogP contribution in [0.15, 0.2) is 40.0 Å². The number of aromatic hydroxyl groups is 1. The Hall–Kier alpha value is -4.12. The minimum atomic E-state index is -2.60. The molecule has 0 spiro atoms. The molecule has 0 radical (unpaired) electrons. The number of phenols is 1. The largest absolute Gasteiger partial charge is 0.508 e. The van der Waals surface area contributed by atoms with E-state index in [0.717, 1.165) is 0 Å². The van der Waals surface area contributed by atoms with E-state index in [0.29, 0.717) is 22.4 Å². The number of hydrogen-bond acceptors (Lipinski definition) is 10. The van der Waals surface area contributed by atoms with Gasteiger partial charge in [-0.3, -0.25) is 14.4 Å². The number of ketones is 2. The number of primary amides is 1. The Balaban J connectivity index is 1.75. The van der Waals surface area contributed by atoms with E-state index in [4.69, 9.17) is 10.3 Å². The van der Waals surface area contributed by atoms with Gasteiger partial charge in [0.25, 0.3) is 5.91 Å². The quantitative estimate of drug-likeness (QED) is 0.398. The first-order valence-electron chi connectivity index (χ1n) is 10.9. The molecule has 6 N–H and O–H groups in total. The number of hydrogen-bond donors (Lipinski definition) is 5. The molecule has 3 aliphatic carbocycles. The number of fused-ring (bicyclic) bond motifs is 3. The second kappa shape index (κ2) is 7.44. The number of Topliss-reactive ketones (excluding diaryl/α,β-unsaturated/α-hetero) is 2. The van der Waals surface area contributed by atoms with Crippen molar-refractivity contribution in [1.29, 1.82) is 0 Å². The van der Waals surface area contributed by atoms with Gasteiger partial charge in [0.1, 0.15) is 29.1 Å². The molecule has 2 aromatic rings. The number of phenolic OH excluding ortho intramolecular Hbond substituents is 1. The molecule has 0 unspecified atom stereocenters. The highest BCUT2D eigenvalue weighted by Gasteiger charge is 2.60. The van der Waals surface area contributed by atoms with Crippen LogP contribution in [0.1, 0.15) is 24.0 Å². The number of nitrogens with two attached hydrogens (primary N) is 1. The van der Waals surface area contributed by atoms with Gasteiger partial charge >= 0.3 is 0 Å². The third-order valence-corrected chi connectivity index (χ3v) is 7.27. The lowest BCUT2D eigenvalue weighted by atomic mass is 9.59. The Kier molecular flexibility index (Phi) is 4.82. The van der Waals surface area contributed by atoms with Crippen molar-refractivity contribution >= 4 is 28.9 Å². The van der Waals surface area contributed by atoms with E-state index in [-0.39, 0.29) is 36.1 Å². The van der Waals surface area contributed by atoms with E-state index in [1.54, 1.807) is 25.1 Å². The van der Waals surface area contributed by atoms with E-state index in [2.05, 4.69) is 5.16 Å². The third-order valence-electron chi connectivity index (χ3n) is 7.27. The molecule has 0 saturated heterocycles. The fraction of sp³-hybridized carbons (Fsp3) is 0.333. The summed E-state index contributed by atoms with van der Waals surface area (Å²) in [5, 5.41) is 48.1. The standard InChI is InChI=1S/C24H23N3O8/c1-27(2)14-6-12(10-7-26-35-8-10)19(29)17-13(14)4-9-3-11-5-15(28)18(23(25)33)22(32)24(11,34)21(31)16(9)20(17)30/h6-9,11,29-30,32,34H,3-5H2,1-2H3,(H2,25,33)/t9-,11+,24+/m1/s1. The molecular formula is C24H23N3O8. The second-order valence-electron chi connectivity index (χ2n) is 9.36. The maximum Gasteiger partial charge on any atom is 0.255 e. The molecule has 1 aromatic carbocycles. The molecular weight excluding hydrogens is 458 g/mol. The molecule has 35 heavy (non-hydrogen) atoms. The lowest BCUT2D eigenvalue weighted by Gasteiger charge is -2.46. The predicted octanol–water partition coefficient (Wildman–Crippen LogP) is 1.14. The molecule has 1 heterocycles. The first-order chi connectivity index (χ1) is 16.5. The highest BCUT2D eigenvalue weighted by atomic mass is 16.5. The van der Waals surface area contributed by atoms with Gasteiger partial charge in [0, 0.05) is 48.8 Å². The lowest BCUT2D eigenvalue weighted by Crippen LogP contribution is -2.58. The Morgan fingerprint density at radius 2 is 1.94 bits per heavy atom. The minimum Gasteiger partial charge on any atom is -0.508 e. The zero-order valence-corrected chi connectivity index (χ0v) is 18.9. The van der Waals surface area contributed by atoms with Crippen LogP contribution in [0.2, 0.25) is 0 Å². The monoisotopic (exact) mass is 481 g/mol. The molecule has 11 nitrogen and oxygen atoms in total. The van der Waals surface area contributed by atoms with Gasteiger partial charge in [0.2, 0.25) is 5.78 Å². The number of rotatable bonds is 3. The van der Waals surface area contributed by atoms with Crippen LogP contribution in [0.5, 0.6) is 5.75 Å². The summed E-state index contributed by atoms with van der Waals surface area (Å²) in [5.41, 5.74) is 3.62. The van der Waals surface area contributed by atoms with Crippen LogP contribution in [0.3, 0.4) is 0 Å². The average Bonchev–Trinajstić information content (AvgIpc) is 3.30. The Morgan fingerprint density at radius 1 is 1.23 bits per heavy atom.